The van der Waals surface area contributed by atoms with E-state index >= 15 is 0 Å². The maximum atomic E-state index is 9.95. The van der Waals surface area contributed by atoms with Crippen LogP contribution in [0.2, 0.25) is 0 Å². The minimum absolute atomic E-state index is 0.293. The van der Waals surface area contributed by atoms with Crippen LogP contribution in [0.1, 0.15) is 32.6 Å². The van der Waals surface area contributed by atoms with Gasteiger partial charge in [0.2, 0.25) is 0 Å². The summed E-state index contributed by atoms with van der Waals surface area (Å²) in [7, 11) is 0. The molecule has 2 aromatic rings. The summed E-state index contributed by atoms with van der Waals surface area (Å²) in [5, 5.41) is 19.2. The number of benzene rings is 2. The molecule has 2 atom stereocenters. The Morgan fingerprint density at radius 1 is 1.09 bits per heavy atom. The van der Waals surface area contributed by atoms with Crippen LogP contribution in [0.3, 0.4) is 0 Å². The Morgan fingerprint density at radius 3 is 2.64 bits per heavy atom. The number of phenolic OH excluding ortho intramolecular Hbond substituents is 1. The Labute approximate surface area is 136 Å². The van der Waals surface area contributed by atoms with Gasteiger partial charge >= 0.3 is 0 Å². The predicted octanol–water partition coefficient (Wildman–Crippen LogP) is 4.41. The van der Waals surface area contributed by atoms with E-state index in [0.717, 1.165) is 16.5 Å². The molecule has 2 aromatic carbocycles. The molecule has 0 bridgehead atoms. The fraction of sp³-hybridized carbons (Fsp3) is 0.389. The molecule has 3 rings (SSSR count). The van der Waals surface area contributed by atoms with Crippen LogP contribution < -0.4 is 10.6 Å². The minimum Gasteiger partial charge on any atom is -0.507 e. The lowest BCUT2D eigenvalue weighted by Crippen LogP contribution is -2.43. The standard InChI is InChI=1S/C18H22N2OS/c1-12-6-2-3-9-15(12)19-18(22)20-16-10-4-8-14-13(16)7-5-11-17(14)21/h4-5,7-8,10-12,15,21H,2-3,6,9H2,1H3,(H2,19,20,22)/t12-,15+/m0/s1. The molecule has 4 heteroatoms. The Balaban J connectivity index is 1.75. The van der Waals surface area contributed by atoms with E-state index in [1.165, 1.54) is 25.7 Å². The molecule has 0 saturated heterocycles. The van der Waals surface area contributed by atoms with Crippen molar-refractivity contribution in [3.63, 3.8) is 0 Å². The number of aromatic hydroxyl groups is 1. The molecule has 0 aromatic heterocycles. The SMILES string of the molecule is C[C@H]1CCCC[C@H]1NC(=S)Nc1cccc2c(O)cccc12. The molecule has 116 valence electrons. The maximum absolute atomic E-state index is 9.95. The quantitative estimate of drug-likeness (QED) is 0.718. The highest BCUT2D eigenvalue weighted by molar-refractivity contribution is 7.80. The van der Waals surface area contributed by atoms with E-state index in [0.29, 0.717) is 22.8 Å². The summed E-state index contributed by atoms with van der Waals surface area (Å²) in [5.41, 5.74) is 0.925. The van der Waals surface area contributed by atoms with Crippen LogP contribution >= 0.6 is 12.2 Å². The molecule has 1 aliphatic carbocycles. The van der Waals surface area contributed by atoms with Crippen LogP contribution in [0.5, 0.6) is 5.75 Å². The number of anilines is 1. The van der Waals surface area contributed by atoms with Crippen LogP contribution in [-0.4, -0.2) is 16.3 Å². The molecule has 0 heterocycles. The number of rotatable bonds is 2. The van der Waals surface area contributed by atoms with Gasteiger partial charge in [-0.1, -0.05) is 44.0 Å². The number of fused-ring (bicyclic) bond motifs is 1. The molecule has 3 N–H and O–H groups in total. The van der Waals surface area contributed by atoms with Crippen LogP contribution in [0.4, 0.5) is 5.69 Å². The lowest BCUT2D eigenvalue weighted by atomic mass is 9.86. The smallest absolute Gasteiger partial charge is 0.171 e. The lowest BCUT2D eigenvalue weighted by molar-refractivity contribution is 0.309. The van der Waals surface area contributed by atoms with Crippen molar-refractivity contribution in [3.05, 3.63) is 36.4 Å². The van der Waals surface area contributed by atoms with Gasteiger partial charge in [-0.3, -0.25) is 0 Å². The number of phenols is 1. The molecule has 0 radical (unpaired) electrons. The Bertz CT molecular complexity index is 686. The van der Waals surface area contributed by atoms with Gasteiger partial charge < -0.3 is 15.7 Å². The second-order valence-electron chi connectivity index (χ2n) is 6.14. The second-order valence-corrected chi connectivity index (χ2v) is 6.55. The van der Waals surface area contributed by atoms with Gasteiger partial charge in [-0.05, 0) is 43.1 Å². The minimum atomic E-state index is 0.293. The molecular formula is C18H22N2OS. The number of nitrogens with one attached hydrogen (secondary N) is 2. The lowest BCUT2D eigenvalue weighted by Gasteiger charge is -2.30. The highest BCUT2D eigenvalue weighted by Crippen LogP contribution is 2.30. The first-order chi connectivity index (χ1) is 10.6. The third kappa shape index (κ3) is 3.17. The molecule has 0 unspecified atom stereocenters. The average Bonchev–Trinajstić information content (AvgIpc) is 2.51. The number of hydrogen-bond acceptors (Lipinski definition) is 2. The van der Waals surface area contributed by atoms with Crippen molar-refractivity contribution in [2.45, 2.75) is 38.6 Å². The van der Waals surface area contributed by atoms with Gasteiger partial charge in [-0.15, -0.1) is 0 Å². The van der Waals surface area contributed by atoms with E-state index in [9.17, 15) is 5.11 Å². The largest absolute Gasteiger partial charge is 0.507 e. The summed E-state index contributed by atoms with van der Waals surface area (Å²) in [6, 6.07) is 11.8. The molecule has 22 heavy (non-hydrogen) atoms. The van der Waals surface area contributed by atoms with E-state index in [1.54, 1.807) is 6.07 Å². The first kappa shape index (κ1) is 15.1. The molecule has 0 amide bonds. The third-order valence-corrected chi connectivity index (χ3v) is 4.80. The third-order valence-electron chi connectivity index (χ3n) is 4.58. The first-order valence-electron chi connectivity index (χ1n) is 7.93. The van der Waals surface area contributed by atoms with Crippen molar-refractivity contribution in [1.29, 1.82) is 0 Å². The molecule has 1 saturated carbocycles. The summed E-state index contributed by atoms with van der Waals surface area (Å²) in [6.07, 6.45) is 5.04. The molecule has 1 fully saturated rings. The van der Waals surface area contributed by atoms with Crippen LogP contribution in [0, 0.1) is 5.92 Å². The fourth-order valence-corrected chi connectivity index (χ4v) is 3.52. The van der Waals surface area contributed by atoms with Gasteiger partial charge in [-0.25, -0.2) is 0 Å². The Morgan fingerprint density at radius 2 is 1.82 bits per heavy atom. The van der Waals surface area contributed by atoms with Crippen LogP contribution in [0.25, 0.3) is 10.8 Å². The second kappa shape index (κ2) is 6.53. The highest BCUT2D eigenvalue weighted by atomic mass is 32.1. The molecule has 0 aliphatic heterocycles. The predicted molar refractivity (Wildman–Crippen MR) is 96.4 cm³/mol. The van der Waals surface area contributed by atoms with E-state index < -0.39 is 0 Å². The average molecular weight is 314 g/mol. The molecule has 1 aliphatic rings. The van der Waals surface area contributed by atoms with E-state index in [-0.39, 0.29) is 0 Å². The maximum Gasteiger partial charge on any atom is 0.171 e. The van der Waals surface area contributed by atoms with Crippen molar-refractivity contribution < 1.29 is 5.11 Å². The Hall–Kier alpha value is -1.81. The molecule has 0 spiro atoms. The van der Waals surface area contributed by atoms with Gasteiger partial charge in [0.1, 0.15) is 5.75 Å². The van der Waals surface area contributed by atoms with Gasteiger partial charge in [0.15, 0.2) is 5.11 Å². The van der Waals surface area contributed by atoms with Crippen molar-refractivity contribution in [2.75, 3.05) is 5.32 Å². The zero-order valence-corrected chi connectivity index (χ0v) is 13.6. The van der Waals surface area contributed by atoms with Gasteiger partial charge in [-0.2, -0.15) is 0 Å². The normalized spacial score (nSPS) is 21.5. The van der Waals surface area contributed by atoms with E-state index in [4.69, 9.17) is 12.2 Å². The van der Waals surface area contributed by atoms with Crippen molar-refractivity contribution in [2.24, 2.45) is 5.92 Å². The molecule has 3 nitrogen and oxygen atoms in total. The fourth-order valence-electron chi connectivity index (χ4n) is 3.26. The van der Waals surface area contributed by atoms with Gasteiger partial charge in [0, 0.05) is 22.5 Å². The zero-order chi connectivity index (χ0) is 15.5. The van der Waals surface area contributed by atoms with Crippen molar-refractivity contribution >= 4 is 33.8 Å². The van der Waals surface area contributed by atoms with Gasteiger partial charge in [0.25, 0.3) is 0 Å². The van der Waals surface area contributed by atoms with Crippen molar-refractivity contribution in [3.8, 4) is 5.75 Å². The Kier molecular flexibility index (Phi) is 4.48. The van der Waals surface area contributed by atoms with E-state index in [2.05, 4.69) is 17.6 Å². The number of thiocarbonyl (C=S) groups is 1. The van der Waals surface area contributed by atoms with E-state index in [1.807, 2.05) is 30.3 Å². The molecular weight excluding hydrogens is 292 g/mol. The summed E-state index contributed by atoms with van der Waals surface area (Å²) in [6.45, 7) is 2.29. The summed E-state index contributed by atoms with van der Waals surface area (Å²) < 4.78 is 0. The summed E-state index contributed by atoms with van der Waals surface area (Å²) in [5.74, 6) is 0.950. The topological polar surface area (TPSA) is 44.3 Å². The van der Waals surface area contributed by atoms with Crippen LogP contribution in [-0.2, 0) is 0 Å². The first-order valence-corrected chi connectivity index (χ1v) is 8.34. The van der Waals surface area contributed by atoms with Crippen LogP contribution in [0.15, 0.2) is 36.4 Å². The van der Waals surface area contributed by atoms with Crippen molar-refractivity contribution in [1.82, 2.24) is 5.32 Å². The number of hydrogen-bond donors (Lipinski definition) is 3. The monoisotopic (exact) mass is 314 g/mol. The zero-order valence-electron chi connectivity index (χ0n) is 12.8. The highest BCUT2D eigenvalue weighted by Gasteiger charge is 2.21. The summed E-state index contributed by atoms with van der Waals surface area (Å²) in [4.78, 5) is 0. The summed E-state index contributed by atoms with van der Waals surface area (Å²) >= 11 is 5.48. The van der Waals surface area contributed by atoms with Gasteiger partial charge in [0.05, 0.1) is 0 Å².